The van der Waals surface area contributed by atoms with Gasteiger partial charge < -0.3 is 10.4 Å². The summed E-state index contributed by atoms with van der Waals surface area (Å²) in [5.41, 5.74) is -0.598. The molecule has 0 spiro atoms. The van der Waals surface area contributed by atoms with E-state index in [9.17, 15) is 27.9 Å². The van der Waals surface area contributed by atoms with Crippen LogP contribution in [0.5, 0.6) is 5.75 Å². The normalized spacial score (nSPS) is 15.6. The Balaban J connectivity index is 1.74. The molecule has 0 aliphatic carbocycles. The lowest BCUT2D eigenvalue weighted by Gasteiger charge is -2.15. The lowest BCUT2D eigenvalue weighted by atomic mass is 10.2. The van der Waals surface area contributed by atoms with Crippen LogP contribution >= 0.6 is 55.8 Å². The van der Waals surface area contributed by atoms with Crippen LogP contribution in [0.1, 0.15) is 11.1 Å². The van der Waals surface area contributed by atoms with Crippen molar-refractivity contribution in [3.05, 3.63) is 61.4 Å². The number of hydrogen-bond acceptors (Lipinski definition) is 5. The summed E-state index contributed by atoms with van der Waals surface area (Å²) in [5, 5.41) is 12.5. The number of benzene rings is 2. The van der Waals surface area contributed by atoms with E-state index in [4.69, 9.17) is 12.2 Å². The minimum absolute atomic E-state index is 0.0512. The van der Waals surface area contributed by atoms with E-state index >= 15 is 0 Å². The lowest BCUT2D eigenvalue weighted by Crippen LogP contribution is -2.36. The average Bonchev–Trinajstić information content (AvgIpc) is 2.92. The minimum Gasteiger partial charge on any atom is -0.506 e. The van der Waals surface area contributed by atoms with E-state index in [2.05, 4.69) is 37.2 Å². The van der Waals surface area contributed by atoms with Crippen LogP contribution in [0.4, 0.5) is 18.9 Å². The van der Waals surface area contributed by atoms with Gasteiger partial charge in [-0.25, -0.2) is 0 Å². The van der Waals surface area contributed by atoms with Crippen LogP contribution in [0.25, 0.3) is 6.08 Å². The Labute approximate surface area is 200 Å². The Morgan fingerprint density at radius 1 is 1.26 bits per heavy atom. The first kappa shape index (κ1) is 23.8. The van der Waals surface area contributed by atoms with Crippen molar-refractivity contribution in [3.8, 4) is 5.75 Å². The van der Waals surface area contributed by atoms with Gasteiger partial charge >= 0.3 is 6.18 Å². The molecule has 0 saturated carbocycles. The van der Waals surface area contributed by atoms with Crippen molar-refractivity contribution in [3.63, 3.8) is 0 Å². The maximum Gasteiger partial charge on any atom is 0.416 e. The number of anilines is 1. The standard InChI is InChI=1S/C19H11Br2F3N2O3S2/c20-11-4-9(16(28)13(21)7-11)5-14-17(29)26(18(30)31-14)8-15(27)25-12-3-1-2-10(6-12)19(22,23)24/h1-7,28H,8H2,(H,25,27)/b14-5-. The van der Waals surface area contributed by atoms with Crippen molar-refractivity contribution in [2.45, 2.75) is 6.18 Å². The number of hydrogen-bond donors (Lipinski definition) is 2. The molecule has 1 saturated heterocycles. The lowest BCUT2D eigenvalue weighted by molar-refractivity contribution is -0.137. The van der Waals surface area contributed by atoms with Gasteiger partial charge in [0.25, 0.3) is 5.91 Å². The summed E-state index contributed by atoms with van der Waals surface area (Å²) in [4.78, 5) is 26.2. The van der Waals surface area contributed by atoms with Gasteiger partial charge in [0.05, 0.1) is 14.9 Å². The second-order valence-electron chi connectivity index (χ2n) is 6.22. The summed E-state index contributed by atoms with van der Waals surface area (Å²) < 4.78 is 39.7. The van der Waals surface area contributed by atoms with Gasteiger partial charge in [-0.2, -0.15) is 13.2 Å². The number of halogens is 5. The highest BCUT2D eigenvalue weighted by molar-refractivity contribution is 9.11. The number of nitrogens with one attached hydrogen (secondary N) is 1. The number of thioether (sulfide) groups is 1. The van der Waals surface area contributed by atoms with E-state index in [1.165, 1.54) is 18.2 Å². The molecule has 1 aliphatic heterocycles. The third-order valence-electron chi connectivity index (χ3n) is 3.99. The molecule has 1 aliphatic rings. The third-order valence-corrected chi connectivity index (χ3v) is 6.43. The summed E-state index contributed by atoms with van der Waals surface area (Å²) in [7, 11) is 0. The first-order valence-electron chi connectivity index (χ1n) is 8.36. The number of aromatic hydroxyl groups is 1. The molecule has 2 aromatic carbocycles. The molecule has 2 aromatic rings. The smallest absolute Gasteiger partial charge is 0.416 e. The van der Waals surface area contributed by atoms with Crippen LogP contribution < -0.4 is 5.32 Å². The summed E-state index contributed by atoms with van der Waals surface area (Å²) in [6.45, 7) is -0.466. The molecule has 0 unspecified atom stereocenters. The van der Waals surface area contributed by atoms with Crippen LogP contribution in [0, 0.1) is 0 Å². The molecule has 0 aromatic heterocycles. The fourth-order valence-corrected chi connectivity index (χ4v) is 5.10. The Morgan fingerprint density at radius 3 is 2.65 bits per heavy atom. The van der Waals surface area contributed by atoms with Gasteiger partial charge in [-0.1, -0.05) is 46.0 Å². The Hall–Kier alpha value is -1.89. The summed E-state index contributed by atoms with van der Waals surface area (Å²) >= 11 is 12.6. The fraction of sp³-hybridized carbons (Fsp3) is 0.105. The molecule has 3 rings (SSSR count). The van der Waals surface area contributed by atoms with Gasteiger partial charge in [-0.05, 0) is 52.3 Å². The zero-order valence-electron chi connectivity index (χ0n) is 15.2. The Morgan fingerprint density at radius 2 is 1.97 bits per heavy atom. The summed E-state index contributed by atoms with van der Waals surface area (Å²) in [6.07, 6.45) is -3.11. The van der Waals surface area contributed by atoms with Crippen LogP contribution in [-0.2, 0) is 15.8 Å². The predicted octanol–water partition coefficient (Wildman–Crippen LogP) is 5.78. The van der Waals surface area contributed by atoms with Crippen molar-refractivity contribution in [2.24, 2.45) is 0 Å². The molecule has 0 radical (unpaired) electrons. The minimum atomic E-state index is -4.55. The first-order chi connectivity index (χ1) is 14.5. The Bertz CT molecular complexity index is 1120. The van der Waals surface area contributed by atoms with E-state index in [1.807, 2.05) is 0 Å². The van der Waals surface area contributed by atoms with Crippen LogP contribution in [0.3, 0.4) is 0 Å². The zero-order chi connectivity index (χ0) is 22.9. The third kappa shape index (κ3) is 5.68. The van der Waals surface area contributed by atoms with Gasteiger partial charge in [-0.3, -0.25) is 14.5 Å². The number of nitrogens with zero attached hydrogens (tertiary/aromatic N) is 1. The highest BCUT2D eigenvalue weighted by Crippen LogP contribution is 2.37. The van der Waals surface area contributed by atoms with Crippen molar-refractivity contribution in [2.75, 3.05) is 11.9 Å². The zero-order valence-corrected chi connectivity index (χ0v) is 20.0. The van der Waals surface area contributed by atoms with Crippen LogP contribution in [-0.4, -0.2) is 32.7 Å². The molecule has 12 heteroatoms. The van der Waals surface area contributed by atoms with Crippen molar-refractivity contribution in [1.29, 1.82) is 0 Å². The number of phenolic OH excluding ortho intramolecular Hbond substituents is 1. The van der Waals surface area contributed by atoms with E-state index in [0.29, 0.717) is 14.5 Å². The largest absolute Gasteiger partial charge is 0.506 e. The maximum atomic E-state index is 12.8. The van der Waals surface area contributed by atoms with Crippen molar-refractivity contribution in [1.82, 2.24) is 4.90 Å². The van der Waals surface area contributed by atoms with Crippen molar-refractivity contribution >= 4 is 83.7 Å². The van der Waals surface area contributed by atoms with E-state index < -0.39 is 30.1 Å². The SMILES string of the molecule is O=C(CN1C(=O)/C(=C/c2cc(Br)cc(Br)c2O)SC1=S)Nc1cccc(C(F)(F)F)c1. The second kappa shape index (κ2) is 9.31. The molecule has 0 atom stereocenters. The highest BCUT2D eigenvalue weighted by Gasteiger charge is 2.34. The second-order valence-corrected chi connectivity index (χ2v) is 9.67. The van der Waals surface area contributed by atoms with Gasteiger partial charge in [0.1, 0.15) is 16.6 Å². The van der Waals surface area contributed by atoms with E-state index in [1.54, 1.807) is 12.1 Å². The summed E-state index contributed by atoms with van der Waals surface area (Å²) in [5.74, 6) is -1.33. The maximum absolute atomic E-state index is 12.8. The molecule has 1 heterocycles. The van der Waals surface area contributed by atoms with Gasteiger partial charge in [-0.15, -0.1) is 0 Å². The van der Waals surface area contributed by atoms with Crippen LogP contribution in [0.15, 0.2) is 50.2 Å². The van der Waals surface area contributed by atoms with Gasteiger partial charge in [0, 0.05) is 15.7 Å². The molecule has 2 N–H and O–H groups in total. The topological polar surface area (TPSA) is 69.6 Å². The number of carbonyl (C=O) groups is 2. The quantitative estimate of drug-likeness (QED) is 0.347. The molecule has 2 amide bonds. The molecular weight excluding hydrogens is 585 g/mol. The molecule has 31 heavy (non-hydrogen) atoms. The molecule has 162 valence electrons. The predicted molar refractivity (Wildman–Crippen MR) is 123 cm³/mol. The van der Waals surface area contributed by atoms with E-state index in [-0.39, 0.29) is 20.7 Å². The fourth-order valence-electron chi connectivity index (χ4n) is 2.59. The number of phenols is 1. The molecule has 0 bridgehead atoms. The molecular formula is C19H11Br2F3N2O3S2. The average molecular weight is 596 g/mol. The van der Waals surface area contributed by atoms with Gasteiger partial charge in [0.2, 0.25) is 5.91 Å². The van der Waals surface area contributed by atoms with Crippen molar-refractivity contribution < 1.29 is 27.9 Å². The summed E-state index contributed by atoms with van der Waals surface area (Å²) in [6, 6.07) is 7.41. The first-order valence-corrected chi connectivity index (χ1v) is 11.2. The number of amides is 2. The monoisotopic (exact) mass is 594 g/mol. The van der Waals surface area contributed by atoms with E-state index in [0.717, 1.165) is 28.8 Å². The van der Waals surface area contributed by atoms with Crippen LogP contribution in [0.2, 0.25) is 0 Å². The number of thiocarbonyl (C=S) groups is 1. The number of rotatable bonds is 4. The Kier molecular flexibility index (Phi) is 7.14. The number of carbonyl (C=O) groups excluding carboxylic acids is 2. The molecule has 1 fully saturated rings. The molecule has 5 nitrogen and oxygen atoms in total. The number of alkyl halides is 3. The van der Waals surface area contributed by atoms with Gasteiger partial charge in [0.15, 0.2) is 0 Å². The highest BCUT2D eigenvalue weighted by atomic mass is 79.9.